The molecule has 6 nitrogen and oxygen atoms in total. The smallest absolute Gasteiger partial charge is 0.393 e. The van der Waals surface area contributed by atoms with Gasteiger partial charge in [-0.3, -0.25) is 4.79 Å². The van der Waals surface area contributed by atoms with Crippen molar-refractivity contribution in [3.05, 3.63) is 41.7 Å². The number of fused-ring (bicyclic) bond motifs is 1. The number of ether oxygens (including phenoxy) is 1. The van der Waals surface area contributed by atoms with Gasteiger partial charge < -0.3 is 14.6 Å². The van der Waals surface area contributed by atoms with Gasteiger partial charge in [-0.2, -0.15) is 13.2 Å². The highest BCUT2D eigenvalue weighted by molar-refractivity contribution is 5.77. The zero-order valence-corrected chi connectivity index (χ0v) is 13.6. The molecule has 0 aliphatic carbocycles. The Morgan fingerprint density at radius 3 is 2.81 bits per heavy atom. The van der Waals surface area contributed by atoms with Crippen LogP contribution in [0.1, 0.15) is 18.1 Å². The van der Waals surface area contributed by atoms with Crippen LogP contribution in [-0.4, -0.2) is 33.5 Å². The molecule has 1 aromatic carbocycles. The van der Waals surface area contributed by atoms with Crippen molar-refractivity contribution >= 4 is 5.91 Å². The lowest BCUT2D eigenvalue weighted by Crippen LogP contribution is -2.34. The maximum absolute atomic E-state index is 13.4. The second kappa shape index (κ2) is 7.30. The molecule has 0 radical (unpaired) electrons. The van der Waals surface area contributed by atoms with E-state index in [1.807, 2.05) is 0 Å². The number of rotatable bonds is 5. The number of nitrogens with one attached hydrogen (secondary N) is 1. The molecule has 140 valence electrons. The van der Waals surface area contributed by atoms with Crippen molar-refractivity contribution in [3.8, 4) is 5.75 Å². The highest BCUT2D eigenvalue weighted by Crippen LogP contribution is 2.34. The Morgan fingerprint density at radius 2 is 2.08 bits per heavy atom. The predicted octanol–water partition coefficient (Wildman–Crippen LogP) is 2.24. The van der Waals surface area contributed by atoms with Crippen molar-refractivity contribution in [1.29, 1.82) is 0 Å². The Kier molecular flexibility index (Phi) is 5.10. The molecule has 0 saturated heterocycles. The van der Waals surface area contributed by atoms with E-state index in [1.165, 1.54) is 22.8 Å². The fourth-order valence-corrected chi connectivity index (χ4v) is 2.71. The summed E-state index contributed by atoms with van der Waals surface area (Å²) in [5, 5.41) is 10.2. The van der Waals surface area contributed by atoms with Crippen LogP contribution >= 0.6 is 0 Å². The van der Waals surface area contributed by atoms with Gasteiger partial charge in [-0.05, 0) is 18.6 Å². The molecule has 1 atom stereocenters. The summed E-state index contributed by atoms with van der Waals surface area (Å²) in [7, 11) is 0. The SMILES string of the molecule is O=C(COc1ccccc1F)NCc1nnc2n1C[C@H](C(F)(F)F)CC2. The Hall–Kier alpha value is -2.65. The Bertz CT molecular complexity index is 791. The topological polar surface area (TPSA) is 69.0 Å². The third-order valence-corrected chi connectivity index (χ3v) is 4.13. The molecule has 1 amide bonds. The largest absolute Gasteiger partial charge is 0.481 e. The molecule has 0 spiro atoms. The summed E-state index contributed by atoms with van der Waals surface area (Å²) in [6, 6.07) is 5.64. The average molecular weight is 372 g/mol. The molecular weight excluding hydrogens is 356 g/mol. The van der Waals surface area contributed by atoms with Gasteiger partial charge in [0, 0.05) is 13.0 Å². The number of nitrogens with zero attached hydrogens (tertiary/aromatic N) is 3. The Labute approximate surface area is 146 Å². The van der Waals surface area contributed by atoms with Crippen LogP contribution in [0.2, 0.25) is 0 Å². The minimum Gasteiger partial charge on any atom is -0.481 e. The van der Waals surface area contributed by atoms with Crippen LogP contribution in [0.25, 0.3) is 0 Å². The molecule has 2 heterocycles. The number of aromatic nitrogens is 3. The maximum Gasteiger partial charge on any atom is 0.393 e. The van der Waals surface area contributed by atoms with Crippen molar-refractivity contribution in [1.82, 2.24) is 20.1 Å². The Morgan fingerprint density at radius 1 is 1.31 bits per heavy atom. The predicted molar refractivity (Wildman–Crippen MR) is 81.6 cm³/mol. The van der Waals surface area contributed by atoms with Gasteiger partial charge in [0.05, 0.1) is 12.5 Å². The van der Waals surface area contributed by atoms with E-state index in [9.17, 15) is 22.4 Å². The summed E-state index contributed by atoms with van der Waals surface area (Å²) in [4.78, 5) is 11.8. The molecule has 0 bridgehead atoms. The number of amides is 1. The number of hydrogen-bond acceptors (Lipinski definition) is 4. The fourth-order valence-electron chi connectivity index (χ4n) is 2.71. The zero-order valence-electron chi connectivity index (χ0n) is 13.6. The third-order valence-electron chi connectivity index (χ3n) is 4.13. The fraction of sp³-hybridized carbons (Fsp3) is 0.438. The highest BCUT2D eigenvalue weighted by Gasteiger charge is 2.42. The average Bonchev–Trinajstić information content (AvgIpc) is 3.01. The number of carbonyl (C=O) groups excluding carboxylic acids is 1. The van der Waals surface area contributed by atoms with Crippen LogP contribution in [0, 0.1) is 11.7 Å². The van der Waals surface area contributed by atoms with Crippen molar-refractivity contribution < 1.29 is 27.1 Å². The number of para-hydroxylation sites is 1. The van der Waals surface area contributed by atoms with Gasteiger partial charge in [0.15, 0.2) is 24.0 Å². The number of benzene rings is 1. The molecule has 1 aromatic heterocycles. The number of alkyl halides is 3. The minimum absolute atomic E-state index is 0.0233. The second-order valence-corrected chi connectivity index (χ2v) is 5.92. The van der Waals surface area contributed by atoms with E-state index in [-0.39, 0.29) is 37.5 Å². The summed E-state index contributed by atoms with van der Waals surface area (Å²) in [5.41, 5.74) is 0. The van der Waals surface area contributed by atoms with Crippen LogP contribution in [-0.2, 0) is 24.3 Å². The molecule has 1 N–H and O–H groups in total. The van der Waals surface area contributed by atoms with E-state index < -0.39 is 30.4 Å². The van der Waals surface area contributed by atoms with Gasteiger partial charge in [0.1, 0.15) is 5.82 Å². The molecule has 0 saturated carbocycles. The highest BCUT2D eigenvalue weighted by atomic mass is 19.4. The van der Waals surface area contributed by atoms with Crippen molar-refractivity contribution in [2.24, 2.45) is 5.92 Å². The summed E-state index contributed by atoms with van der Waals surface area (Å²) in [5.74, 6) is -1.94. The normalized spacial score (nSPS) is 16.8. The number of carbonyl (C=O) groups is 1. The number of hydrogen-bond donors (Lipinski definition) is 1. The Balaban J connectivity index is 1.55. The van der Waals surface area contributed by atoms with Gasteiger partial charge in [-0.25, -0.2) is 4.39 Å². The lowest BCUT2D eigenvalue weighted by atomic mass is 9.99. The van der Waals surface area contributed by atoms with Crippen LogP contribution in [0.5, 0.6) is 5.75 Å². The second-order valence-electron chi connectivity index (χ2n) is 5.92. The molecule has 3 rings (SSSR count). The first-order valence-corrected chi connectivity index (χ1v) is 7.96. The molecule has 1 aliphatic heterocycles. The summed E-state index contributed by atoms with van der Waals surface area (Å²) >= 11 is 0. The summed E-state index contributed by atoms with van der Waals surface area (Å²) in [6.07, 6.45) is -4.12. The number of halogens is 4. The maximum atomic E-state index is 13.4. The van der Waals surface area contributed by atoms with E-state index in [2.05, 4.69) is 15.5 Å². The van der Waals surface area contributed by atoms with Crippen LogP contribution < -0.4 is 10.1 Å². The van der Waals surface area contributed by atoms with Gasteiger partial charge in [-0.1, -0.05) is 12.1 Å². The van der Waals surface area contributed by atoms with Gasteiger partial charge in [-0.15, -0.1) is 10.2 Å². The van der Waals surface area contributed by atoms with Gasteiger partial charge in [0.2, 0.25) is 0 Å². The van der Waals surface area contributed by atoms with Crippen molar-refractivity contribution in [2.45, 2.75) is 32.1 Å². The van der Waals surface area contributed by atoms with Crippen molar-refractivity contribution in [2.75, 3.05) is 6.61 Å². The molecule has 2 aromatic rings. The van der Waals surface area contributed by atoms with E-state index in [0.29, 0.717) is 5.82 Å². The molecular formula is C16H16F4N4O2. The first kappa shape index (κ1) is 18.2. The first-order chi connectivity index (χ1) is 12.3. The number of aryl methyl sites for hydroxylation is 1. The summed E-state index contributed by atoms with van der Waals surface area (Å²) in [6.45, 7) is -0.771. The lowest BCUT2D eigenvalue weighted by molar-refractivity contribution is -0.182. The van der Waals surface area contributed by atoms with Gasteiger partial charge in [0.25, 0.3) is 5.91 Å². The molecule has 26 heavy (non-hydrogen) atoms. The third kappa shape index (κ3) is 4.12. The van der Waals surface area contributed by atoms with E-state index >= 15 is 0 Å². The quantitative estimate of drug-likeness (QED) is 0.818. The molecule has 0 unspecified atom stereocenters. The van der Waals surface area contributed by atoms with Crippen LogP contribution in [0.15, 0.2) is 24.3 Å². The standard InChI is InChI=1S/C16H16F4N4O2/c17-11-3-1-2-4-12(11)26-9-15(25)21-7-14-23-22-13-6-5-10(8-24(13)14)16(18,19)20/h1-4,10H,5-9H2,(H,21,25)/t10-/m1/s1. The zero-order chi connectivity index (χ0) is 18.7. The van der Waals surface area contributed by atoms with Crippen LogP contribution in [0.4, 0.5) is 17.6 Å². The van der Waals surface area contributed by atoms with Crippen LogP contribution in [0.3, 0.4) is 0 Å². The minimum atomic E-state index is -4.28. The first-order valence-electron chi connectivity index (χ1n) is 7.96. The van der Waals surface area contributed by atoms with Gasteiger partial charge >= 0.3 is 6.18 Å². The molecule has 1 aliphatic rings. The van der Waals surface area contributed by atoms with E-state index in [1.54, 1.807) is 6.07 Å². The molecule has 0 fully saturated rings. The van der Waals surface area contributed by atoms with E-state index in [4.69, 9.17) is 4.74 Å². The lowest BCUT2D eigenvalue weighted by Gasteiger charge is -2.26. The summed E-state index contributed by atoms with van der Waals surface area (Å²) < 4.78 is 58.6. The monoisotopic (exact) mass is 372 g/mol. The molecule has 10 heteroatoms. The van der Waals surface area contributed by atoms with Crippen molar-refractivity contribution in [3.63, 3.8) is 0 Å². The van der Waals surface area contributed by atoms with E-state index in [0.717, 1.165) is 0 Å².